The normalized spacial score (nSPS) is 23.6. The Bertz CT molecular complexity index is 487. The lowest BCUT2D eigenvalue weighted by molar-refractivity contribution is 0.390. The van der Waals surface area contributed by atoms with Crippen molar-refractivity contribution in [2.24, 2.45) is 7.05 Å². The number of nitrogens with zero attached hydrogens (tertiary/aromatic N) is 4. The second kappa shape index (κ2) is 4.94. The van der Waals surface area contributed by atoms with E-state index in [9.17, 15) is 0 Å². The second-order valence-corrected chi connectivity index (χ2v) is 5.02. The first-order valence-corrected chi connectivity index (χ1v) is 6.51. The van der Waals surface area contributed by atoms with Gasteiger partial charge < -0.3 is 9.88 Å². The van der Waals surface area contributed by atoms with Gasteiger partial charge in [-0.05, 0) is 19.3 Å². The molecule has 2 heterocycles. The number of rotatable bonds is 4. The molecule has 1 saturated carbocycles. The van der Waals surface area contributed by atoms with E-state index in [0.717, 1.165) is 6.54 Å². The van der Waals surface area contributed by atoms with Gasteiger partial charge in [-0.25, -0.2) is 4.98 Å². The summed E-state index contributed by atoms with van der Waals surface area (Å²) in [6.07, 6.45) is 13.6. The minimum atomic E-state index is 0.541. The Morgan fingerprint density at radius 1 is 1.44 bits per heavy atom. The Morgan fingerprint density at radius 3 is 3.11 bits per heavy atom. The number of nitrogens with one attached hydrogen (secondary N) is 1. The van der Waals surface area contributed by atoms with Crippen molar-refractivity contribution in [3.63, 3.8) is 0 Å². The fourth-order valence-electron chi connectivity index (χ4n) is 2.81. The Balaban J connectivity index is 1.62. The molecule has 2 aromatic rings. The van der Waals surface area contributed by atoms with Crippen LogP contribution in [0.3, 0.4) is 0 Å². The molecule has 96 valence electrons. The van der Waals surface area contributed by atoms with Crippen molar-refractivity contribution in [2.75, 3.05) is 0 Å². The van der Waals surface area contributed by atoms with E-state index in [1.54, 1.807) is 0 Å². The van der Waals surface area contributed by atoms with E-state index in [0.29, 0.717) is 12.1 Å². The van der Waals surface area contributed by atoms with Crippen molar-refractivity contribution in [3.05, 3.63) is 36.7 Å². The molecule has 3 rings (SSSR count). The van der Waals surface area contributed by atoms with Crippen LogP contribution in [0.25, 0.3) is 0 Å². The maximum Gasteiger partial charge on any atom is 0.0949 e. The molecular formula is C13H19N5. The lowest BCUT2D eigenvalue weighted by Gasteiger charge is -2.21. The summed E-state index contributed by atoms with van der Waals surface area (Å²) in [5, 5.41) is 7.84. The van der Waals surface area contributed by atoms with Gasteiger partial charge in [0.1, 0.15) is 0 Å². The van der Waals surface area contributed by atoms with Crippen molar-refractivity contribution in [1.82, 2.24) is 24.6 Å². The minimum Gasteiger partial charge on any atom is -0.333 e. The summed E-state index contributed by atoms with van der Waals surface area (Å²) in [7, 11) is 1.95. The average molecular weight is 245 g/mol. The van der Waals surface area contributed by atoms with Gasteiger partial charge in [-0.2, -0.15) is 5.10 Å². The molecule has 1 aliphatic rings. The molecular weight excluding hydrogens is 226 g/mol. The summed E-state index contributed by atoms with van der Waals surface area (Å²) in [5.41, 5.74) is 1.24. The highest BCUT2D eigenvalue weighted by Gasteiger charge is 2.27. The van der Waals surface area contributed by atoms with Crippen LogP contribution in [0.4, 0.5) is 0 Å². The van der Waals surface area contributed by atoms with E-state index in [4.69, 9.17) is 0 Å². The van der Waals surface area contributed by atoms with Gasteiger partial charge in [-0.15, -0.1) is 0 Å². The monoisotopic (exact) mass is 245 g/mol. The fourth-order valence-corrected chi connectivity index (χ4v) is 2.81. The van der Waals surface area contributed by atoms with Crippen LogP contribution >= 0.6 is 0 Å². The Morgan fingerprint density at radius 2 is 2.39 bits per heavy atom. The van der Waals surface area contributed by atoms with Crippen LogP contribution in [0.2, 0.25) is 0 Å². The molecule has 1 N–H and O–H groups in total. The predicted octanol–water partition coefficient (Wildman–Crippen LogP) is 1.50. The molecule has 5 nitrogen and oxygen atoms in total. The molecule has 0 saturated heterocycles. The van der Waals surface area contributed by atoms with Gasteiger partial charge >= 0.3 is 0 Å². The van der Waals surface area contributed by atoms with Crippen LogP contribution in [-0.4, -0.2) is 25.4 Å². The highest BCUT2D eigenvalue weighted by molar-refractivity contribution is 5.04. The lowest BCUT2D eigenvalue weighted by Crippen LogP contribution is -2.33. The molecule has 2 aromatic heterocycles. The zero-order chi connectivity index (χ0) is 12.4. The van der Waals surface area contributed by atoms with Crippen molar-refractivity contribution in [3.8, 4) is 0 Å². The quantitative estimate of drug-likeness (QED) is 0.888. The zero-order valence-electron chi connectivity index (χ0n) is 10.7. The van der Waals surface area contributed by atoms with Gasteiger partial charge in [0.2, 0.25) is 0 Å². The Hall–Kier alpha value is -1.62. The smallest absolute Gasteiger partial charge is 0.0949 e. The summed E-state index contributed by atoms with van der Waals surface area (Å²) < 4.78 is 4.08. The molecule has 0 bridgehead atoms. The topological polar surface area (TPSA) is 47.7 Å². The molecule has 0 aliphatic heterocycles. The zero-order valence-corrected chi connectivity index (χ0v) is 10.7. The van der Waals surface area contributed by atoms with Crippen LogP contribution in [0.5, 0.6) is 0 Å². The molecule has 0 radical (unpaired) electrons. The van der Waals surface area contributed by atoms with E-state index in [1.165, 1.54) is 24.8 Å². The SMILES string of the molecule is Cn1cc(CNC2CCCC2n2ccnc2)cn1. The predicted molar refractivity (Wildman–Crippen MR) is 69.0 cm³/mol. The standard InChI is InChI=1S/C13H19N5/c1-17-9-11(8-16-17)7-15-12-3-2-4-13(12)18-6-5-14-10-18/h5-6,8-10,12-13,15H,2-4,7H2,1H3. The van der Waals surface area contributed by atoms with E-state index >= 15 is 0 Å². The Kier molecular flexibility index (Phi) is 3.15. The molecule has 2 unspecified atom stereocenters. The molecule has 2 atom stereocenters. The van der Waals surface area contributed by atoms with Gasteiger partial charge in [-0.3, -0.25) is 4.68 Å². The maximum absolute atomic E-state index is 4.19. The summed E-state index contributed by atoms with van der Waals surface area (Å²) in [6.45, 7) is 0.893. The highest BCUT2D eigenvalue weighted by atomic mass is 15.2. The molecule has 0 spiro atoms. The summed E-state index contributed by atoms with van der Waals surface area (Å²) in [4.78, 5) is 4.14. The third-order valence-corrected chi connectivity index (χ3v) is 3.71. The largest absolute Gasteiger partial charge is 0.333 e. The van der Waals surface area contributed by atoms with E-state index in [2.05, 4.69) is 32.4 Å². The van der Waals surface area contributed by atoms with Gasteiger partial charge in [0.25, 0.3) is 0 Å². The third kappa shape index (κ3) is 2.31. The lowest BCUT2D eigenvalue weighted by atomic mass is 10.1. The van der Waals surface area contributed by atoms with E-state index < -0.39 is 0 Å². The van der Waals surface area contributed by atoms with Crippen LogP contribution in [0, 0.1) is 0 Å². The number of imidazole rings is 1. The van der Waals surface area contributed by atoms with Crippen molar-refractivity contribution in [1.29, 1.82) is 0 Å². The van der Waals surface area contributed by atoms with Gasteiger partial charge in [-0.1, -0.05) is 0 Å². The first-order valence-electron chi connectivity index (χ1n) is 6.51. The summed E-state index contributed by atoms with van der Waals surface area (Å²) >= 11 is 0. The summed E-state index contributed by atoms with van der Waals surface area (Å²) in [6, 6.07) is 1.09. The molecule has 5 heteroatoms. The molecule has 1 fully saturated rings. The maximum atomic E-state index is 4.19. The highest BCUT2D eigenvalue weighted by Crippen LogP contribution is 2.30. The molecule has 18 heavy (non-hydrogen) atoms. The van der Waals surface area contributed by atoms with E-state index in [1.807, 2.05) is 30.5 Å². The first kappa shape index (κ1) is 11.5. The van der Waals surface area contributed by atoms with Crippen molar-refractivity contribution in [2.45, 2.75) is 37.9 Å². The van der Waals surface area contributed by atoms with Gasteiger partial charge in [0.05, 0.1) is 12.5 Å². The van der Waals surface area contributed by atoms with Crippen LogP contribution in [0.15, 0.2) is 31.1 Å². The Labute approximate surface area is 107 Å². The van der Waals surface area contributed by atoms with Crippen LogP contribution in [-0.2, 0) is 13.6 Å². The second-order valence-electron chi connectivity index (χ2n) is 5.02. The van der Waals surface area contributed by atoms with Crippen LogP contribution < -0.4 is 5.32 Å². The number of hydrogen-bond donors (Lipinski definition) is 1. The van der Waals surface area contributed by atoms with Gasteiger partial charge in [0, 0.05) is 49.8 Å². The van der Waals surface area contributed by atoms with Crippen molar-refractivity contribution < 1.29 is 0 Å². The molecule has 1 aliphatic carbocycles. The first-order chi connectivity index (χ1) is 8.83. The number of aromatic nitrogens is 4. The van der Waals surface area contributed by atoms with Crippen LogP contribution in [0.1, 0.15) is 30.9 Å². The minimum absolute atomic E-state index is 0.541. The van der Waals surface area contributed by atoms with E-state index in [-0.39, 0.29) is 0 Å². The molecule has 0 amide bonds. The molecule has 0 aromatic carbocycles. The average Bonchev–Trinajstić information content (AvgIpc) is 3.07. The fraction of sp³-hybridized carbons (Fsp3) is 0.538. The summed E-state index contributed by atoms with van der Waals surface area (Å²) in [5.74, 6) is 0. The number of aryl methyl sites for hydroxylation is 1. The number of hydrogen-bond acceptors (Lipinski definition) is 3. The van der Waals surface area contributed by atoms with Gasteiger partial charge in [0.15, 0.2) is 0 Å². The van der Waals surface area contributed by atoms with Crippen molar-refractivity contribution >= 4 is 0 Å². The third-order valence-electron chi connectivity index (χ3n) is 3.71.